The molecule has 7 heteroatoms. The van der Waals surface area contributed by atoms with Crippen molar-refractivity contribution < 1.29 is 23.5 Å². The molecule has 2 amide bonds. The van der Waals surface area contributed by atoms with Gasteiger partial charge in [-0.15, -0.1) is 0 Å². The molecule has 3 rings (SSSR count). The summed E-state index contributed by atoms with van der Waals surface area (Å²) in [6.45, 7) is 3.41. The van der Waals surface area contributed by atoms with E-state index in [0.717, 1.165) is 11.6 Å². The molecule has 0 radical (unpaired) electrons. The van der Waals surface area contributed by atoms with E-state index in [4.69, 9.17) is 4.42 Å². The Hall–Kier alpha value is -3.61. The summed E-state index contributed by atoms with van der Waals surface area (Å²) in [6.07, 6.45) is 1.37. The Morgan fingerprint density at radius 3 is 2.41 bits per heavy atom. The molecule has 0 saturated heterocycles. The number of phenolic OH excluding ortho intramolecular Hbond substituents is 1. The molecule has 0 atom stereocenters. The van der Waals surface area contributed by atoms with Crippen molar-refractivity contribution in [1.82, 2.24) is 0 Å². The fourth-order valence-corrected chi connectivity index (χ4v) is 2.54. The zero-order chi connectivity index (χ0) is 19.6. The fraction of sp³-hybridized carbons (Fsp3) is 0.100. The van der Waals surface area contributed by atoms with Crippen molar-refractivity contribution in [2.75, 3.05) is 10.6 Å². The van der Waals surface area contributed by atoms with Crippen LogP contribution in [0.25, 0.3) is 0 Å². The first-order chi connectivity index (χ1) is 12.8. The van der Waals surface area contributed by atoms with Gasteiger partial charge in [0.15, 0.2) is 0 Å². The maximum absolute atomic E-state index is 14.1. The number of carbonyl (C=O) groups excluding carboxylic acids is 2. The molecule has 3 N–H and O–H groups in total. The van der Waals surface area contributed by atoms with Crippen molar-refractivity contribution in [3.8, 4) is 5.75 Å². The lowest BCUT2D eigenvalue weighted by molar-refractivity contribution is 0.101. The third kappa shape index (κ3) is 3.98. The van der Waals surface area contributed by atoms with Gasteiger partial charge in [-0.25, -0.2) is 4.39 Å². The number of hydrogen-bond donors (Lipinski definition) is 3. The molecular formula is C20H17FN2O4. The van der Waals surface area contributed by atoms with Crippen LogP contribution in [0.3, 0.4) is 0 Å². The summed E-state index contributed by atoms with van der Waals surface area (Å²) in [5.41, 5.74) is 1.36. The van der Waals surface area contributed by atoms with Gasteiger partial charge in [-0.1, -0.05) is 11.6 Å². The summed E-state index contributed by atoms with van der Waals surface area (Å²) in [6, 6.07) is 9.91. The van der Waals surface area contributed by atoms with Crippen LogP contribution in [-0.2, 0) is 0 Å². The molecule has 1 aromatic heterocycles. The van der Waals surface area contributed by atoms with E-state index < -0.39 is 17.6 Å². The number of benzene rings is 2. The van der Waals surface area contributed by atoms with E-state index in [1.165, 1.54) is 30.5 Å². The molecule has 0 spiro atoms. The maximum atomic E-state index is 14.1. The molecule has 0 aliphatic heterocycles. The molecule has 0 unspecified atom stereocenters. The second-order valence-corrected chi connectivity index (χ2v) is 6.01. The van der Waals surface area contributed by atoms with Gasteiger partial charge in [0.05, 0.1) is 23.1 Å². The number of anilines is 2. The average molecular weight is 368 g/mol. The van der Waals surface area contributed by atoms with E-state index in [1.54, 1.807) is 26.0 Å². The Morgan fingerprint density at radius 2 is 1.70 bits per heavy atom. The van der Waals surface area contributed by atoms with Crippen LogP contribution in [0.4, 0.5) is 15.8 Å². The molecule has 0 aliphatic carbocycles. The van der Waals surface area contributed by atoms with Crippen LogP contribution in [0.2, 0.25) is 0 Å². The third-order valence-electron chi connectivity index (χ3n) is 3.97. The average Bonchev–Trinajstić information content (AvgIpc) is 3.06. The van der Waals surface area contributed by atoms with E-state index in [2.05, 4.69) is 10.6 Å². The highest BCUT2D eigenvalue weighted by Crippen LogP contribution is 2.24. The Morgan fingerprint density at radius 1 is 0.963 bits per heavy atom. The number of aryl methyl sites for hydroxylation is 2. The fourth-order valence-electron chi connectivity index (χ4n) is 2.54. The van der Waals surface area contributed by atoms with Gasteiger partial charge in [0.2, 0.25) is 0 Å². The molecule has 6 nitrogen and oxygen atoms in total. The molecular weight excluding hydrogens is 351 g/mol. The Kier molecular flexibility index (Phi) is 4.94. The molecule has 27 heavy (non-hydrogen) atoms. The first-order valence-electron chi connectivity index (χ1n) is 8.11. The monoisotopic (exact) mass is 368 g/mol. The summed E-state index contributed by atoms with van der Waals surface area (Å²) >= 11 is 0. The van der Waals surface area contributed by atoms with Gasteiger partial charge in [-0.2, -0.15) is 0 Å². The Bertz CT molecular complexity index is 1030. The van der Waals surface area contributed by atoms with Gasteiger partial charge in [0.25, 0.3) is 11.8 Å². The zero-order valence-electron chi connectivity index (χ0n) is 14.7. The van der Waals surface area contributed by atoms with Gasteiger partial charge in [0.1, 0.15) is 17.3 Å². The lowest BCUT2D eigenvalue weighted by Crippen LogP contribution is -2.15. The molecule has 0 aliphatic rings. The maximum Gasteiger partial charge on any atom is 0.259 e. The lowest BCUT2D eigenvalue weighted by Gasteiger charge is -2.11. The second-order valence-electron chi connectivity index (χ2n) is 6.01. The van der Waals surface area contributed by atoms with Crippen LogP contribution in [-0.4, -0.2) is 16.9 Å². The van der Waals surface area contributed by atoms with Crippen molar-refractivity contribution in [2.24, 2.45) is 0 Å². The number of hydrogen-bond acceptors (Lipinski definition) is 4. The minimum atomic E-state index is -0.652. The molecule has 3 aromatic rings. The van der Waals surface area contributed by atoms with Crippen LogP contribution in [0.5, 0.6) is 5.75 Å². The molecule has 138 valence electrons. The molecule has 0 bridgehead atoms. The topological polar surface area (TPSA) is 91.6 Å². The van der Waals surface area contributed by atoms with Gasteiger partial charge in [-0.3, -0.25) is 9.59 Å². The standard InChI is InChI=1S/C20H17FN2O4/c1-11-3-6-18(24)15(9-11)20(26)22-13-4-5-16(21)17(10-13)23-19(25)14-7-8-27-12(14)2/h3-10,24H,1-2H3,(H,22,26)(H,23,25). The van der Waals surface area contributed by atoms with Crippen molar-refractivity contribution in [2.45, 2.75) is 13.8 Å². The van der Waals surface area contributed by atoms with Crippen molar-refractivity contribution in [3.63, 3.8) is 0 Å². The predicted molar refractivity (Wildman–Crippen MR) is 98.6 cm³/mol. The number of amides is 2. The van der Waals surface area contributed by atoms with Crippen molar-refractivity contribution in [3.05, 3.63) is 77.0 Å². The highest BCUT2D eigenvalue weighted by Gasteiger charge is 2.16. The Balaban J connectivity index is 1.81. The van der Waals surface area contributed by atoms with E-state index in [1.807, 2.05) is 0 Å². The van der Waals surface area contributed by atoms with Gasteiger partial charge in [-0.05, 0) is 50.2 Å². The summed E-state index contributed by atoms with van der Waals surface area (Å²) in [7, 11) is 0. The summed E-state index contributed by atoms with van der Waals surface area (Å²) < 4.78 is 19.1. The third-order valence-corrected chi connectivity index (χ3v) is 3.97. The van der Waals surface area contributed by atoms with Crippen LogP contribution in [0.15, 0.2) is 53.1 Å². The van der Waals surface area contributed by atoms with Gasteiger partial charge in [0, 0.05) is 5.69 Å². The predicted octanol–water partition coefficient (Wildman–Crippen LogP) is 4.25. The smallest absolute Gasteiger partial charge is 0.259 e. The summed E-state index contributed by atoms with van der Waals surface area (Å²) in [5, 5.41) is 14.9. The molecule has 2 aromatic carbocycles. The molecule has 1 heterocycles. The SMILES string of the molecule is Cc1ccc(O)c(C(=O)Nc2ccc(F)c(NC(=O)c3ccoc3C)c2)c1. The number of furan rings is 1. The molecule has 0 fully saturated rings. The number of nitrogens with one attached hydrogen (secondary N) is 2. The number of carbonyl (C=O) groups is 2. The number of halogens is 1. The van der Waals surface area contributed by atoms with Crippen molar-refractivity contribution >= 4 is 23.2 Å². The largest absolute Gasteiger partial charge is 0.507 e. The van der Waals surface area contributed by atoms with E-state index in [9.17, 15) is 19.1 Å². The quantitative estimate of drug-likeness (QED) is 0.642. The zero-order valence-corrected chi connectivity index (χ0v) is 14.7. The van der Waals surface area contributed by atoms with Crippen molar-refractivity contribution in [1.29, 1.82) is 0 Å². The van der Waals surface area contributed by atoms with Crippen LogP contribution in [0, 0.1) is 19.7 Å². The lowest BCUT2D eigenvalue weighted by atomic mass is 10.1. The number of aromatic hydroxyl groups is 1. The minimum Gasteiger partial charge on any atom is -0.507 e. The van der Waals surface area contributed by atoms with E-state index in [-0.39, 0.29) is 28.3 Å². The van der Waals surface area contributed by atoms with Crippen LogP contribution < -0.4 is 10.6 Å². The normalized spacial score (nSPS) is 10.5. The number of rotatable bonds is 4. The summed E-state index contributed by atoms with van der Waals surface area (Å²) in [5.74, 6) is -1.48. The molecule has 0 saturated carbocycles. The van der Waals surface area contributed by atoms with E-state index >= 15 is 0 Å². The highest BCUT2D eigenvalue weighted by atomic mass is 19.1. The number of phenols is 1. The summed E-state index contributed by atoms with van der Waals surface area (Å²) in [4.78, 5) is 24.6. The van der Waals surface area contributed by atoms with Gasteiger partial charge < -0.3 is 20.2 Å². The van der Waals surface area contributed by atoms with E-state index in [0.29, 0.717) is 5.76 Å². The first-order valence-corrected chi connectivity index (χ1v) is 8.11. The van der Waals surface area contributed by atoms with Gasteiger partial charge >= 0.3 is 0 Å². The van der Waals surface area contributed by atoms with Crippen LogP contribution in [0.1, 0.15) is 32.0 Å². The Labute approximate surface area is 154 Å². The van der Waals surface area contributed by atoms with Crippen LogP contribution >= 0.6 is 0 Å². The highest BCUT2D eigenvalue weighted by molar-refractivity contribution is 6.07. The second kappa shape index (κ2) is 7.33. The first kappa shape index (κ1) is 18.2. The minimum absolute atomic E-state index is 0.0909.